The molecule has 0 saturated heterocycles. The molecule has 0 radical (unpaired) electrons. The van der Waals surface area contributed by atoms with E-state index in [2.05, 4.69) is 10.6 Å². The van der Waals surface area contributed by atoms with Crippen LogP contribution in [-0.2, 0) is 16.6 Å². The Hall–Kier alpha value is -2.16. The molecule has 0 bridgehead atoms. The van der Waals surface area contributed by atoms with Gasteiger partial charge in [0.05, 0.1) is 12.0 Å². The summed E-state index contributed by atoms with van der Waals surface area (Å²) in [6.45, 7) is 0.540. The number of rotatable bonds is 5. The van der Waals surface area contributed by atoms with Crippen LogP contribution in [0.5, 0.6) is 5.75 Å². The quantitative estimate of drug-likeness (QED) is 0.712. The molecule has 0 fully saturated rings. The molecule has 122 valence electrons. The zero-order valence-electron chi connectivity index (χ0n) is 12.4. The molecule has 0 aliphatic rings. The standard InChI is InChI=1S/C15H17N3O3S2/c1-21-13-4-2-3-11(9-13)10-17-15(22)18-12-5-7-14(8-6-12)23(16,19)20/h2-9H,10H2,1H3,(H2,16,19,20)(H2,17,18,22). The van der Waals surface area contributed by atoms with Gasteiger partial charge in [-0.15, -0.1) is 0 Å². The van der Waals surface area contributed by atoms with Gasteiger partial charge in [-0.2, -0.15) is 0 Å². The molecule has 0 spiro atoms. The second kappa shape index (κ2) is 7.40. The molecule has 0 heterocycles. The molecule has 0 amide bonds. The van der Waals surface area contributed by atoms with Crippen molar-refractivity contribution in [3.63, 3.8) is 0 Å². The van der Waals surface area contributed by atoms with E-state index in [1.54, 1.807) is 19.2 Å². The Bertz CT molecular complexity index is 790. The predicted molar refractivity (Wildman–Crippen MR) is 93.9 cm³/mol. The highest BCUT2D eigenvalue weighted by atomic mass is 32.2. The number of hydrogen-bond donors (Lipinski definition) is 3. The lowest BCUT2D eigenvalue weighted by Crippen LogP contribution is -2.27. The zero-order chi connectivity index (χ0) is 16.9. The van der Waals surface area contributed by atoms with Gasteiger partial charge >= 0.3 is 0 Å². The van der Waals surface area contributed by atoms with Crippen LogP contribution in [0.2, 0.25) is 0 Å². The number of primary sulfonamides is 1. The first-order chi connectivity index (χ1) is 10.9. The van der Waals surface area contributed by atoms with Crippen molar-refractivity contribution in [2.24, 2.45) is 5.14 Å². The number of ether oxygens (including phenoxy) is 1. The Morgan fingerprint density at radius 2 is 1.91 bits per heavy atom. The van der Waals surface area contributed by atoms with Crippen LogP contribution >= 0.6 is 12.2 Å². The molecule has 0 aromatic heterocycles. The molecule has 2 aromatic carbocycles. The number of sulfonamides is 1. The van der Waals surface area contributed by atoms with Crippen LogP contribution in [0.25, 0.3) is 0 Å². The molecule has 0 aliphatic heterocycles. The smallest absolute Gasteiger partial charge is 0.238 e. The van der Waals surface area contributed by atoms with Crippen molar-refractivity contribution < 1.29 is 13.2 Å². The molecule has 0 atom stereocenters. The third-order valence-electron chi connectivity index (χ3n) is 3.03. The van der Waals surface area contributed by atoms with Crippen LogP contribution in [0, 0.1) is 0 Å². The fourth-order valence-corrected chi connectivity index (χ4v) is 2.57. The first-order valence-corrected chi connectivity index (χ1v) is 8.64. The summed E-state index contributed by atoms with van der Waals surface area (Å²) in [5.41, 5.74) is 1.69. The molecule has 0 aliphatic carbocycles. The number of thiocarbonyl (C=S) groups is 1. The predicted octanol–water partition coefficient (Wildman–Crippen LogP) is 1.83. The summed E-state index contributed by atoms with van der Waals surface area (Å²) >= 11 is 5.21. The maximum Gasteiger partial charge on any atom is 0.238 e. The van der Waals surface area contributed by atoms with Gasteiger partial charge in [0.1, 0.15) is 5.75 Å². The largest absolute Gasteiger partial charge is 0.497 e. The van der Waals surface area contributed by atoms with E-state index < -0.39 is 10.0 Å². The number of methoxy groups -OCH3 is 1. The second-order valence-electron chi connectivity index (χ2n) is 4.73. The number of nitrogens with one attached hydrogen (secondary N) is 2. The Morgan fingerprint density at radius 1 is 1.22 bits per heavy atom. The maximum absolute atomic E-state index is 11.2. The fraction of sp³-hybridized carbons (Fsp3) is 0.133. The van der Waals surface area contributed by atoms with Gasteiger partial charge in [-0.1, -0.05) is 12.1 Å². The van der Waals surface area contributed by atoms with Crippen LogP contribution in [0.4, 0.5) is 5.69 Å². The van der Waals surface area contributed by atoms with Crippen molar-refractivity contribution in [2.45, 2.75) is 11.4 Å². The van der Waals surface area contributed by atoms with Crippen LogP contribution in [0.1, 0.15) is 5.56 Å². The molecule has 0 unspecified atom stereocenters. The van der Waals surface area contributed by atoms with Crippen molar-refractivity contribution >= 4 is 33.0 Å². The van der Waals surface area contributed by atoms with Crippen LogP contribution in [0.15, 0.2) is 53.4 Å². The summed E-state index contributed by atoms with van der Waals surface area (Å²) in [4.78, 5) is 0.0540. The van der Waals surface area contributed by atoms with Crippen molar-refractivity contribution in [3.05, 3.63) is 54.1 Å². The lowest BCUT2D eigenvalue weighted by molar-refractivity contribution is 0.414. The van der Waals surface area contributed by atoms with E-state index in [-0.39, 0.29) is 4.90 Å². The summed E-state index contributed by atoms with van der Waals surface area (Å²) in [5, 5.41) is 11.5. The van der Waals surface area contributed by atoms with Crippen LogP contribution < -0.4 is 20.5 Å². The van der Waals surface area contributed by atoms with Crippen molar-refractivity contribution in [2.75, 3.05) is 12.4 Å². The summed E-state index contributed by atoms with van der Waals surface area (Å²) in [7, 11) is -2.07. The Balaban J connectivity index is 1.92. The van der Waals surface area contributed by atoms with E-state index in [0.717, 1.165) is 11.3 Å². The Morgan fingerprint density at radius 3 is 2.52 bits per heavy atom. The topological polar surface area (TPSA) is 93.4 Å². The second-order valence-corrected chi connectivity index (χ2v) is 6.70. The van der Waals surface area contributed by atoms with E-state index in [1.807, 2.05) is 24.3 Å². The lowest BCUT2D eigenvalue weighted by Gasteiger charge is -2.11. The number of hydrogen-bond acceptors (Lipinski definition) is 4. The van der Waals surface area contributed by atoms with Gasteiger partial charge in [-0.3, -0.25) is 0 Å². The molecule has 8 heteroatoms. The Labute approximate surface area is 140 Å². The van der Waals surface area contributed by atoms with E-state index in [0.29, 0.717) is 17.3 Å². The van der Waals surface area contributed by atoms with Crippen molar-refractivity contribution in [1.82, 2.24) is 5.32 Å². The summed E-state index contributed by atoms with van der Waals surface area (Å²) in [6, 6.07) is 13.7. The highest BCUT2D eigenvalue weighted by molar-refractivity contribution is 7.89. The van der Waals surface area contributed by atoms with Gasteiger partial charge in [0, 0.05) is 12.2 Å². The van der Waals surface area contributed by atoms with E-state index in [4.69, 9.17) is 22.1 Å². The first kappa shape index (κ1) is 17.2. The minimum Gasteiger partial charge on any atom is -0.497 e. The molecule has 23 heavy (non-hydrogen) atoms. The average Bonchev–Trinajstić information content (AvgIpc) is 2.53. The summed E-state index contributed by atoms with van der Waals surface area (Å²) in [6.07, 6.45) is 0. The first-order valence-electron chi connectivity index (χ1n) is 6.69. The van der Waals surface area contributed by atoms with Crippen LogP contribution in [0.3, 0.4) is 0 Å². The third kappa shape index (κ3) is 5.20. The van der Waals surface area contributed by atoms with Crippen molar-refractivity contribution in [3.8, 4) is 5.75 Å². The number of anilines is 1. The van der Waals surface area contributed by atoms with Gasteiger partial charge in [0.15, 0.2) is 5.11 Å². The van der Waals surface area contributed by atoms with Gasteiger partial charge < -0.3 is 15.4 Å². The summed E-state index contributed by atoms with van der Waals surface area (Å²) in [5.74, 6) is 0.779. The summed E-state index contributed by atoms with van der Waals surface area (Å²) < 4.78 is 27.5. The monoisotopic (exact) mass is 351 g/mol. The van der Waals surface area contributed by atoms with Crippen molar-refractivity contribution in [1.29, 1.82) is 0 Å². The number of benzene rings is 2. The highest BCUT2D eigenvalue weighted by Gasteiger charge is 2.07. The minimum atomic E-state index is -3.69. The minimum absolute atomic E-state index is 0.0540. The maximum atomic E-state index is 11.2. The number of nitrogens with two attached hydrogens (primary N) is 1. The van der Waals surface area contributed by atoms with E-state index in [9.17, 15) is 8.42 Å². The van der Waals surface area contributed by atoms with Gasteiger partial charge in [-0.05, 0) is 54.2 Å². The zero-order valence-corrected chi connectivity index (χ0v) is 14.1. The highest BCUT2D eigenvalue weighted by Crippen LogP contribution is 2.14. The molecule has 6 nitrogen and oxygen atoms in total. The molecular formula is C15H17N3O3S2. The third-order valence-corrected chi connectivity index (χ3v) is 4.20. The normalized spacial score (nSPS) is 10.9. The molecule has 4 N–H and O–H groups in total. The van der Waals surface area contributed by atoms with Crippen LogP contribution in [-0.4, -0.2) is 20.6 Å². The van der Waals surface area contributed by atoms with E-state index >= 15 is 0 Å². The molecule has 2 rings (SSSR count). The molecule has 0 saturated carbocycles. The SMILES string of the molecule is COc1cccc(CNC(=S)Nc2ccc(S(N)(=O)=O)cc2)c1. The van der Waals surface area contributed by atoms with Gasteiger partial charge in [0.2, 0.25) is 10.0 Å². The molecular weight excluding hydrogens is 334 g/mol. The molecule has 2 aromatic rings. The average molecular weight is 351 g/mol. The van der Waals surface area contributed by atoms with E-state index in [1.165, 1.54) is 12.1 Å². The lowest BCUT2D eigenvalue weighted by atomic mass is 10.2. The van der Waals surface area contributed by atoms with Gasteiger partial charge in [-0.25, -0.2) is 13.6 Å². The van der Waals surface area contributed by atoms with Gasteiger partial charge in [0.25, 0.3) is 0 Å². The fourth-order valence-electron chi connectivity index (χ4n) is 1.87. The Kier molecular flexibility index (Phi) is 5.54.